The average Bonchev–Trinajstić information content (AvgIpc) is 3.25. The molecule has 4 rings (SSSR count). The Hall–Kier alpha value is -3.39. The molecule has 184 valence electrons. The maximum Gasteiger partial charge on any atom is 0.242 e. The molecule has 3 heterocycles. The van der Waals surface area contributed by atoms with Crippen LogP contribution in [0.1, 0.15) is 26.0 Å². The van der Waals surface area contributed by atoms with Crippen LogP contribution < -0.4 is 4.90 Å². The van der Waals surface area contributed by atoms with Gasteiger partial charge in [0.25, 0.3) is 0 Å². The van der Waals surface area contributed by atoms with E-state index in [0.717, 1.165) is 30.0 Å². The van der Waals surface area contributed by atoms with E-state index >= 15 is 0 Å². The largest absolute Gasteiger partial charge is 0.467 e. The highest BCUT2D eigenvalue weighted by atomic mass is 35.5. The molecule has 9 heteroatoms. The van der Waals surface area contributed by atoms with Crippen LogP contribution in [0.2, 0.25) is 5.02 Å². The fraction of sp³-hybridized carbons (Fsp3) is 0.385. The number of carbonyl (C=O) groups is 2. The zero-order valence-corrected chi connectivity index (χ0v) is 20.8. The van der Waals surface area contributed by atoms with Crippen LogP contribution in [0.25, 0.3) is 11.3 Å². The van der Waals surface area contributed by atoms with Gasteiger partial charge in [0.05, 0.1) is 23.5 Å². The first-order chi connectivity index (χ1) is 16.9. The molecule has 2 aromatic heterocycles. The van der Waals surface area contributed by atoms with Crippen LogP contribution in [0.5, 0.6) is 0 Å². The normalized spacial score (nSPS) is 14.2. The predicted molar refractivity (Wildman–Crippen MR) is 135 cm³/mol. The Bertz CT molecular complexity index is 1130. The average molecular weight is 496 g/mol. The first kappa shape index (κ1) is 24.7. The van der Waals surface area contributed by atoms with Gasteiger partial charge in [0.2, 0.25) is 11.8 Å². The highest BCUT2D eigenvalue weighted by Crippen LogP contribution is 2.26. The number of halogens is 1. The maximum atomic E-state index is 13.1. The number of nitrogens with zero attached hydrogens (tertiary/aromatic N) is 5. The Morgan fingerprint density at radius 1 is 1.03 bits per heavy atom. The SMILES string of the molecule is CC(C)C(=O)N(CC(=O)N1CCCN(c2ccc(-c3ccccc3Cl)nn2)CC1)Cc1ccco1. The van der Waals surface area contributed by atoms with E-state index in [1.165, 1.54) is 0 Å². The molecule has 1 aliphatic heterocycles. The van der Waals surface area contributed by atoms with Gasteiger partial charge in [0.1, 0.15) is 12.3 Å². The van der Waals surface area contributed by atoms with E-state index < -0.39 is 0 Å². The van der Waals surface area contributed by atoms with Crippen molar-refractivity contribution in [2.45, 2.75) is 26.8 Å². The Labute approximate surface area is 210 Å². The van der Waals surface area contributed by atoms with Gasteiger partial charge >= 0.3 is 0 Å². The van der Waals surface area contributed by atoms with E-state index in [-0.39, 0.29) is 30.8 Å². The van der Waals surface area contributed by atoms with Gasteiger partial charge in [-0.2, -0.15) is 0 Å². The fourth-order valence-electron chi connectivity index (χ4n) is 4.13. The van der Waals surface area contributed by atoms with E-state index in [4.69, 9.17) is 16.0 Å². The zero-order chi connectivity index (χ0) is 24.8. The molecule has 1 fully saturated rings. The van der Waals surface area contributed by atoms with Crippen molar-refractivity contribution < 1.29 is 14.0 Å². The molecule has 3 aromatic rings. The Morgan fingerprint density at radius 3 is 2.54 bits per heavy atom. The second kappa shape index (κ2) is 11.4. The number of carbonyl (C=O) groups excluding carboxylic acids is 2. The predicted octanol–water partition coefficient (Wildman–Crippen LogP) is 4.11. The minimum absolute atomic E-state index is 0.0318. The van der Waals surface area contributed by atoms with Crippen molar-refractivity contribution in [3.63, 3.8) is 0 Å². The van der Waals surface area contributed by atoms with E-state index in [1.54, 1.807) is 17.2 Å². The Morgan fingerprint density at radius 2 is 1.86 bits per heavy atom. The van der Waals surface area contributed by atoms with Crippen LogP contribution in [0, 0.1) is 5.92 Å². The second-order valence-corrected chi connectivity index (χ2v) is 9.31. The van der Waals surface area contributed by atoms with Gasteiger partial charge in [-0.05, 0) is 36.8 Å². The summed E-state index contributed by atoms with van der Waals surface area (Å²) < 4.78 is 5.40. The van der Waals surface area contributed by atoms with Gasteiger partial charge in [-0.15, -0.1) is 10.2 Å². The van der Waals surface area contributed by atoms with Crippen LogP contribution in [0.4, 0.5) is 5.82 Å². The minimum Gasteiger partial charge on any atom is -0.467 e. The van der Waals surface area contributed by atoms with Crippen LogP contribution in [0.15, 0.2) is 59.2 Å². The third-order valence-corrected chi connectivity index (χ3v) is 6.36. The van der Waals surface area contributed by atoms with Crippen LogP contribution in [-0.4, -0.2) is 64.5 Å². The number of aromatic nitrogens is 2. The van der Waals surface area contributed by atoms with Gasteiger partial charge in [-0.1, -0.05) is 43.6 Å². The van der Waals surface area contributed by atoms with Crippen molar-refractivity contribution in [2.24, 2.45) is 5.92 Å². The molecule has 1 aromatic carbocycles. The molecule has 0 N–H and O–H groups in total. The molecular formula is C26H30ClN5O3. The van der Waals surface area contributed by atoms with E-state index in [0.29, 0.717) is 30.4 Å². The molecule has 0 spiro atoms. The van der Waals surface area contributed by atoms with Crippen molar-refractivity contribution in [1.29, 1.82) is 0 Å². The summed E-state index contributed by atoms with van der Waals surface area (Å²) in [4.78, 5) is 31.4. The molecule has 1 aliphatic rings. The number of anilines is 1. The standard InChI is InChI=1S/C26H30ClN5O3/c1-19(2)26(34)32(17-20-7-5-16-35-20)18-25(33)31-13-6-12-30(14-15-31)24-11-10-23(28-29-24)21-8-3-4-9-22(21)27/h3-5,7-11,16,19H,6,12-15,17-18H2,1-2H3. The highest BCUT2D eigenvalue weighted by Gasteiger charge is 2.26. The second-order valence-electron chi connectivity index (χ2n) is 8.91. The lowest BCUT2D eigenvalue weighted by Gasteiger charge is -2.27. The summed E-state index contributed by atoms with van der Waals surface area (Å²) in [5.41, 5.74) is 1.56. The Kier molecular flexibility index (Phi) is 8.02. The summed E-state index contributed by atoms with van der Waals surface area (Å²) in [6, 6.07) is 15.0. The quantitative estimate of drug-likeness (QED) is 0.490. The first-order valence-corrected chi connectivity index (χ1v) is 12.2. The molecule has 8 nitrogen and oxygen atoms in total. The lowest BCUT2D eigenvalue weighted by Crippen LogP contribution is -2.45. The molecule has 0 unspecified atom stereocenters. The summed E-state index contributed by atoms with van der Waals surface area (Å²) >= 11 is 6.28. The summed E-state index contributed by atoms with van der Waals surface area (Å²) in [6.45, 7) is 6.58. The summed E-state index contributed by atoms with van der Waals surface area (Å²) in [7, 11) is 0. The smallest absolute Gasteiger partial charge is 0.242 e. The lowest BCUT2D eigenvalue weighted by atomic mass is 10.1. The van der Waals surface area contributed by atoms with Crippen molar-refractivity contribution in [2.75, 3.05) is 37.6 Å². The molecule has 35 heavy (non-hydrogen) atoms. The molecule has 0 bridgehead atoms. The number of rotatable bonds is 7. The van der Waals surface area contributed by atoms with Gasteiger partial charge in [-0.25, -0.2) is 0 Å². The summed E-state index contributed by atoms with van der Waals surface area (Å²) in [6.07, 6.45) is 2.37. The zero-order valence-electron chi connectivity index (χ0n) is 20.1. The third-order valence-electron chi connectivity index (χ3n) is 6.03. The molecule has 0 saturated carbocycles. The molecule has 0 atom stereocenters. The number of hydrogen-bond acceptors (Lipinski definition) is 6. The topological polar surface area (TPSA) is 82.8 Å². The van der Waals surface area contributed by atoms with Gasteiger partial charge in [0, 0.05) is 37.7 Å². The van der Waals surface area contributed by atoms with Gasteiger partial charge in [0.15, 0.2) is 5.82 Å². The highest BCUT2D eigenvalue weighted by molar-refractivity contribution is 6.33. The monoisotopic (exact) mass is 495 g/mol. The first-order valence-electron chi connectivity index (χ1n) is 11.8. The number of furan rings is 1. The fourth-order valence-corrected chi connectivity index (χ4v) is 4.37. The van der Waals surface area contributed by atoms with Crippen molar-refractivity contribution in [1.82, 2.24) is 20.0 Å². The van der Waals surface area contributed by atoms with Crippen molar-refractivity contribution in [3.8, 4) is 11.3 Å². The van der Waals surface area contributed by atoms with Crippen LogP contribution in [-0.2, 0) is 16.1 Å². The number of hydrogen-bond donors (Lipinski definition) is 0. The molecular weight excluding hydrogens is 466 g/mol. The summed E-state index contributed by atoms with van der Waals surface area (Å²) in [5, 5.41) is 9.42. The lowest BCUT2D eigenvalue weighted by molar-refractivity contribution is -0.143. The van der Waals surface area contributed by atoms with Crippen molar-refractivity contribution in [3.05, 3.63) is 65.6 Å². The van der Waals surface area contributed by atoms with E-state index in [2.05, 4.69) is 15.1 Å². The molecule has 1 saturated heterocycles. The molecule has 2 amide bonds. The maximum absolute atomic E-state index is 13.1. The minimum atomic E-state index is -0.204. The van der Waals surface area contributed by atoms with Crippen molar-refractivity contribution >= 4 is 29.2 Å². The van der Waals surface area contributed by atoms with Gasteiger partial charge in [-0.3, -0.25) is 9.59 Å². The van der Waals surface area contributed by atoms with E-state index in [1.807, 2.05) is 61.2 Å². The number of benzene rings is 1. The van der Waals surface area contributed by atoms with E-state index in [9.17, 15) is 9.59 Å². The molecule has 0 radical (unpaired) electrons. The molecule has 0 aliphatic carbocycles. The Balaban J connectivity index is 1.38. The third kappa shape index (κ3) is 6.19. The van der Waals surface area contributed by atoms with Crippen LogP contribution >= 0.6 is 11.6 Å². The van der Waals surface area contributed by atoms with Crippen LogP contribution in [0.3, 0.4) is 0 Å². The summed E-state index contributed by atoms with van der Waals surface area (Å²) in [5.74, 6) is 1.09. The van der Waals surface area contributed by atoms with Gasteiger partial charge < -0.3 is 19.1 Å². The number of amides is 2.